The van der Waals surface area contributed by atoms with E-state index in [2.05, 4.69) is 10.2 Å². The van der Waals surface area contributed by atoms with Gasteiger partial charge in [-0.2, -0.15) is 0 Å². The molecule has 144 valence electrons. The molecule has 3 aliphatic rings. The Kier molecular flexibility index (Phi) is 4.49. The number of carbonyl (C=O) groups excluding carboxylic acids is 3. The average molecular weight is 372 g/mol. The predicted molar refractivity (Wildman–Crippen MR) is 96.4 cm³/mol. The molecule has 8 nitrogen and oxygen atoms in total. The maximum atomic E-state index is 12.8. The van der Waals surface area contributed by atoms with Crippen LogP contribution in [0.5, 0.6) is 0 Å². The first-order valence-corrected chi connectivity index (χ1v) is 9.27. The number of nitrogens with one attached hydrogen (secondary N) is 1. The lowest BCUT2D eigenvalue weighted by atomic mass is 9.87. The van der Waals surface area contributed by atoms with Crippen molar-refractivity contribution >= 4 is 17.7 Å². The summed E-state index contributed by atoms with van der Waals surface area (Å²) in [5, 5.41) is 11.4. The molecular weight excluding hydrogens is 348 g/mol. The number of aliphatic hydroxyl groups is 1. The highest BCUT2D eigenvalue weighted by Gasteiger charge is 2.40. The van der Waals surface area contributed by atoms with Gasteiger partial charge in [0, 0.05) is 50.3 Å². The standard InChI is InChI=1S/C19H24N4O4/c20-19(5-6-24)10-22(11-19)8-12-1-2-13-9-23(18(27)14(13)7-12)15-3-4-16(25)21-17(15)26/h1-2,7,15,24H,3-6,8-11,20H2,(H,21,25,26). The number of hydrogen-bond acceptors (Lipinski definition) is 6. The van der Waals surface area contributed by atoms with Gasteiger partial charge in [-0.25, -0.2) is 0 Å². The van der Waals surface area contributed by atoms with Crippen molar-refractivity contribution in [1.29, 1.82) is 0 Å². The van der Waals surface area contributed by atoms with Crippen molar-refractivity contribution in [3.63, 3.8) is 0 Å². The molecule has 4 N–H and O–H groups in total. The van der Waals surface area contributed by atoms with Gasteiger partial charge in [-0.3, -0.25) is 24.6 Å². The van der Waals surface area contributed by atoms with E-state index in [0.29, 0.717) is 31.5 Å². The Bertz CT molecular complexity index is 803. The van der Waals surface area contributed by atoms with Gasteiger partial charge in [-0.1, -0.05) is 12.1 Å². The Labute approximate surface area is 157 Å². The summed E-state index contributed by atoms with van der Waals surface area (Å²) in [5.41, 5.74) is 8.42. The molecule has 3 heterocycles. The number of carbonyl (C=O) groups is 3. The Balaban J connectivity index is 1.43. The summed E-state index contributed by atoms with van der Waals surface area (Å²) in [5.74, 6) is -0.829. The molecule has 0 radical (unpaired) electrons. The highest BCUT2D eigenvalue weighted by atomic mass is 16.3. The van der Waals surface area contributed by atoms with Gasteiger partial charge in [-0.05, 0) is 30.0 Å². The molecule has 1 aromatic carbocycles. The van der Waals surface area contributed by atoms with E-state index in [1.165, 1.54) is 0 Å². The van der Waals surface area contributed by atoms with Crippen LogP contribution in [-0.2, 0) is 22.7 Å². The SMILES string of the molecule is NC1(CCO)CN(Cc2ccc3c(c2)C(=O)N(C2CCC(=O)NC2=O)C3)C1. The summed E-state index contributed by atoms with van der Waals surface area (Å²) >= 11 is 0. The molecule has 27 heavy (non-hydrogen) atoms. The number of imide groups is 1. The first-order chi connectivity index (χ1) is 12.9. The Morgan fingerprint density at radius 3 is 2.74 bits per heavy atom. The number of piperidine rings is 1. The Morgan fingerprint density at radius 1 is 1.26 bits per heavy atom. The zero-order valence-electron chi connectivity index (χ0n) is 15.1. The van der Waals surface area contributed by atoms with Crippen LogP contribution in [0.3, 0.4) is 0 Å². The fourth-order valence-corrected chi connectivity index (χ4v) is 4.30. The van der Waals surface area contributed by atoms with Crippen LogP contribution in [0, 0.1) is 0 Å². The number of nitrogens with two attached hydrogens (primary N) is 1. The van der Waals surface area contributed by atoms with E-state index in [1.807, 2.05) is 18.2 Å². The molecule has 4 rings (SSSR count). The molecule has 2 saturated heterocycles. The summed E-state index contributed by atoms with van der Waals surface area (Å²) < 4.78 is 0. The number of aliphatic hydroxyl groups excluding tert-OH is 1. The molecule has 0 spiro atoms. The summed E-state index contributed by atoms with van der Waals surface area (Å²) in [6.07, 6.45) is 1.22. The molecule has 1 aromatic rings. The van der Waals surface area contributed by atoms with Gasteiger partial charge in [0.05, 0.1) is 0 Å². The fraction of sp³-hybridized carbons (Fsp3) is 0.526. The summed E-state index contributed by atoms with van der Waals surface area (Å²) in [7, 11) is 0. The molecule has 0 bridgehead atoms. The van der Waals surface area contributed by atoms with Crippen molar-refractivity contribution in [2.24, 2.45) is 5.73 Å². The molecule has 0 aromatic heterocycles. The third kappa shape index (κ3) is 3.36. The normalized spacial score (nSPS) is 24.6. The summed E-state index contributed by atoms with van der Waals surface area (Å²) in [4.78, 5) is 40.0. The van der Waals surface area contributed by atoms with Crippen LogP contribution in [0.15, 0.2) is 18.2 Å². The van der Waals surface area contributed by atoms with Crippen molar-refractivity contribution in [2.45, 2.75) is 43.9 Å². The lowest BCUT2D eigenvalue weighted by Crippen LogP contribution is -2.67. The van der Waals surface area contributed by atoms with E-state index in [0.717, 1.165) is 24.2 Å². The van der Waals surface area contributed by atoms with Crippen molar-refractivity contribution in [2.75, 3.05) is 19.7 Å². The number of nitrogens with zero attached hydrogens (tertiary/aromatic N) is 2. The van der Waals surface area contributed by atoms with Crippen LogP contribution in [0.4, 0.5) is 0 Å². The third-order valence-corrected chi connectivity index (χ3v) is 5.69. The topological polar surface area (TPSA) is 116 Å². The van der Waals surface area contributed by atoms with E-state index in [-0.39, 0.29) is 30.4 Å². The van der Waals surface area contributed by atoms with Crippen LogP contribution in [-0.4, -0.2) is 63.9 Å². The molecule has 0 aliphatic carbocycles. The van der Waals surface area contributed by atoms with Crippen molar-refractivity contribution in [1.82, 2.24) is 15.1 Å². The van der Waals surface area contributed by atoms with Gasteiger partial charge < -0.3 is 15.7 Å². The summed E-state index contributed by atoms with van der Waals surface area (Å²) in [6, 6.07) is 5.25. The van der Waals surface area contributed by atoms with Gasteiger partial charge >= 0.3 is 0 Å². The fourth-order valence-electron chi connectivity index (χ4n) is 4.30. The lowest BCUT2D eigenvalue weighted by molar-refractivity contribution is -0.136. The van der Waals surface area contributed by atoms with Gasteiger partial charge in [-0.15, -0.1) is 0 Å². The van der Waals surface area contributed by atoms with Gasteiger partial charge in [0.15, 0.2) is 0 Å². The molecule has 8 heteroatoms. The van der Waals surface area contributed by atoms with Crippen LogP contribution in [0.2, 0.25) is 0 Å². The minimum Gasteiger partial charge on any atom is -0.396 e. The number of likely N-dealkylation sites (tertiary alicyclic amines) is 1. The second kappa shape index (κ2) is 6.70. The van der Waals surface area contributed by atoms with E-state index in [9.17, 15) is 14.4 Å². The van der Waals surface area contributed by atoms with Crippen LogP contribution in [0.25, 0.3) is 0 Å². The second-order valence-corrected chi connectivity index (χ2v) is 7.87. The van der Waals surface area contributed by atoms with Gasteiger partial charge in [0.25, 0.3) is 5.91 Å². The summed E-state index contributed by atoms with van der Waals surface area (Å²) in [6.45, 7) is 2.63. The molecule has 0 saturated carbocycles. The van der Waals surface area contributed by atoms with Crippen molar-refractivity contribution in [3.8, 4) is 0 Å². The number of hydrogen-bond donors (Lipinski definition) is 3. The average Bonchev–Trinajstić information content (AvgIpc) is 2.90. The highest BCUT2D eigenvalue weighted by molar-refractivity contribution is 6.05. The van der Waals surface area contributed by atoms with E-state index < -0.39 is 11.9 Å². The van der Waals surface area contributed by atoms with Crippen molar-refractivity contribution < 1.29 is 19.5 Å². The Morgan fingerprint density at radius 2 is 2.04 bits per heavy atom. The highest BCUT2D eigenvalue weighted by Crippen LogP contribution is 2.30. The van der Waals surface area contributed by atoms with Crippen LogP contribution < -0.4 is 11.1 Å². The molecule has 3 aliphatic heterocycles. The van der Waals surface area contributed by atoms with E-state index in [4.69, 9.17) is 10.8 Å². The minimum atomic E-state index is -0.585. The van der Waals surface area contributed by atoms with Crippen LogP contribution in [0.1, 0.15) is 40.7 Å². The molecule has 3 amide bonds. The number of benzene rings is 1. The minimum absolute atomic E-state index is 0.0911. The number of amides is 3. The van der Waals surface area contributed by atoms with E-state index in [1.54, 1.807) is 4.90 Å². The maximum Gasteiger partial charge on any atom is 0.255 e. The first kappa shape index (κ1) is 18.1. The first-order valence-electron chi connectivity index (χ1n) is 9.27. The monoisotopic (exact) mass is 372 g/mol. The maximum absolute atomic E-state index is 12.8. The largest absolute Gasteiger partial charge is 0.396 e. The van der Waals surface area contributed by atoms with Crippen molar-refractivity contribution in [3.05, 3.63) is 34.9 Å². The number of rotatable bonds is 5. The zero-order valence-corrected chi connectivity index (χ0v) is 15.1. The second-order valence-electron chi connectivity index (χ2n) is 7.87. The van der Waals surface area contributed by atoms with Crippen LogP contribution >= 0.6 is 0 Å². The molecule has 2 fully saturated rings. The van der Waals surface area contributed by atoms with E-state index >= 15 is 0 Å². The Hall–Kier alpha value is -2.29. The smallest absolute Gasteiger partial charge is 0.255 e. The molecular formula is C19H24N4O4. The number of fused-ring (bicyclic) bond motifs is 1. The zero-order chi connectivity index (χ0) is 19.2. The van der Waals surface area contributed by atoms with Gasteiger partial charge in [0.2, 0.25) is 11.8 Å². The molecule has 1 atom stereocenters. The van der Waals surface area contributed by atoms with Gasteiger partial charge in [0.1, 0.15) is 6.04 Å². The molecule has 1 unspecified atom stereocenters. The predicted octanol–water partition coefficient (Wildman–Crippen LogP) is -0.657. The quantitative estimate of drug-likeness (QED) is 0.591. The third-order valence-electron chi connectivity index (χ3n) is 5.69. The lowest BCUT2D eigenvalue weighted by Gasteiger charge is -2.47.